The van der Waals surface area contributed by atoms with Gasteiger partial charge in [-0.15, -0.1) is 0 Å². The van der Waals surface area contributed by atoms with Crippen LogP contribution in [0.3, 0.4) is 0 Å². The van der Waals surface area contributed by atoms with Gasteiger partial charge in [-0.05, 0) is 42.4 Å². The molecule has 0 spiro atoms. The third-order valence-corrected chi connectivity index (χ3v) is 4.57. The molecule has 0 N–H and O–H groups in total. The number of anilines is 1. The van der Waals surface area contributed by atoms with Crippen molar-refractivity contribution in [2.45, 2.75) is 32.1 Å². The average molecular weight is 253 g/mol. The molecule has 4 heteroatoms. The van der Waals surface area contributed by atoms with Crippen molar-refractivity contribution in [3.8, 4) is 0 Å². The van der Waals surface area contributed by atoms with Crippen molar-refractivity contribution in [1.82, 2.24) is 0 Å². The molecular weight excluding hydrogens is 234 g/mol. The van der Waals surface area contributed by atoms with Gasteiger partial charge in [0.2, 0.25) is 10.0 Å². The lowest BCUT2D eigenvalue weighted by atomic mass is 10.0. The molecule has 1 aliphatic carbocycles. The summed E-state index contributed by atoms with van der Waals surface area (Å²) >= 11 is 0. The van der Waals surface area contributed by atoms with Crippen molar-refractivity contribution in [2.75, 3.05) is 17.6 Å². The van der Waals surface area contributed by atoms with Crippen LogP contribution in [0, 0.1) is 0 Å². The molecule has 1 aromatic carbocycles. The first-order valence-corrected chi connectivity index (χ1v) is 7.85. The van der Waals surface area contributed by atoms with Crippen molar-refractivity contribution in [3.05, 3.63) is 29.3 Å². The largest absolute Gasteiger partial charge is 0.273 e. The fourth-order valence-electron chi connectivity index (χ4n) is 2.02. The van der Waals surface area contributed by atoms with Gasteiger partial charge >= 0.3 is 0 Å². The van der Waals surface area contributed by atoms with E-state index in [1.807, 2.05) is 13.0 Å². The molecule has 0 aliphatic heterocycles. The summed E-state index contributed by atoms with van der Waals surface area (Å²) < 4.78 is 24.6. The Morgan fingerprint density at radius 3 is 2.47 bits per heavy atom. The summed E-state index contributed by atoms with van der Waals surface area (Å²) in [5.74, 6) is 0.646. The molecule has 1 aliphatic rings. The lowest BCUT2D eigenvalue weighted by Crippen LogP contribution is -2.26. The molecule has 2 rings (SSSR count). The molecule has 0 radical (unpaired) electrons. The SMILES string of the molecule is CCc1ccc(C2CC2)cc1N(C)S(C)(=O)=O. The Hall–Kier alpha value is -1.03. The number of hydrogen-bond acceptors (Lipinski definition) is 2. The number of sulfonamides is 1. The van der Waals surface area contributed by atoms with E-state index in [-0.39, 0.29) is 0 Å². The molecule has 0 unspecified atom stereocenters. The molecule has 0 aromatic heterocycles. The van der Waals surface area contributed by atoms with Gasteiger partial charge in [-0.2, -0.15) is 0 Å². The fraction of sp³-hybridized carbons (Fsp3) is 0.538. The summed E-state index contributed by atoms with van der Waals surface area (Å²) in [5, 5.41) is 0. The Bertz CT molecular complexity index is 518. The molecule has 0 heterocycles. The number of nitrogens with zero attached hydrogens (tertiary/aromatic N) is 1. The maximum atomic E-state index is 11.6. The molecule has 1 aromatic rings. The summed E-state index contributed by atoms with van der Waals surface area (Å²) in [5.41, 5.74) is 3.19. The Labute approximate surface area is 104 Å². The van der Waals surface area contributed by atoms with E-state index < -0.39 is 10.0 Å². The smallest absolute Gasteiger partial charge is 0.232 e. The van der Waals surface area contributed by atoms with E-state index in [1.54, 1.807) is 7.05 Å². The van der Waals surface area contributed by atoms with Gasteiger partial charge in [0.25, 0.3) is 0 Å². The van der Waals surface area contributed by atoms with Crippen LogP contribution in [0.25, 0.3) is 0 Å². The van der Waals surface area contributed by atoms with Gasteiger partial charge in [-0.1, -0.05) is 19.1 Å². The number of rotatable bonds is 4. The molecule has 3 nitrogen and oxygen atoms in total. The minimum absolute atomic E-state index is 0.646. The van der Waals surface area contributed by atoms with Crippen molar-refractivity contribution >= 4 is 15.7 Å². The second kappa shape index (κ2) is 4.33. The molecule has 0 amide bonds. The van der Waals surface area contributed by atoms with Gasteiger partial charge in [0.15, 0.2) is 0 Å². The fourth-order valence-corrected chi connectivity index (χ4v) is 2.55. The second-order valence-corrected chi connectivity index (χ2v) is 6.76. The van der Waals surface area contributed by atoms with Crippen molar-refractivity contribution in [2.24, 2.45) is 0 Å². The molecular formula is C13H19NO2S. The summed E-state index contributed by atoms with van der Waals surface area (Å²) in [6.45, 7) is 2.05. The van der Waals surface area contributed by atoms with Crippen LogP contribution in [0.5, 0.6) is 0 Å². The van der Waals surface area contributed by atoms with Crippen LogP contribution in [0.1, 0.15) is 36.8 Å². The lowest BCUT2D eigenvalue weighted by Gasteiger charge is -2.20. The van der Waals surface area contributed by atoms with Crippen molar-refractivity contribution in [1.29, 1.82) is 0 Å². The highest BCUT2D eigenvalue weighted by atomic mass is 32.2. The zero-order valence-corrected chi connectivity index (χ0v) is 11.4. The monoisotopic (exact) mass is 253 g/mol. The number of hydrogen-bond donors (Lipinski definition) is 0. The predicted molar refractivity (Wildman–Crippen MR) is 71.0 cm³/mol. The van der Waals surface area contributed by atoms with Crippen LogP contribution >= 0.6 is 0 Å². The lowest BCUT2D eigenvalue weighted by molar-refractivity contribution is 0.600. The first-order valence-electron chi connectivity index (χ1n) is 6.00. The second-order valence-electron chi connectivity index (χ2n) is 4.75. The van der Waals surface area contributed by atoms with E-state index in [0.29, 0.717) is 5.92 Å². The van der Waals surface area contributed by atoms with Crippen LogP contribution in [-0.2, 0) is 16.4 Å². The third-order valence-electron chi connectivity index (χ3n) is 3.38. The Morgan fingerprint density at radius 1 is 1.35 bits per heavy atom. The quantitative estimate of drug-likeness (QED) is 0.827. The van der Waals surface area contributed by atoms with Crippen LogP contribution in [0.4, 0.5) is 5.69 Å². The Balaban J connectivity index is 2.45. The van der Waals surface area contributed by atoms with Gasteiger partial charge in [0.1, 0.15) is 0 Å². The van der Waals surface area contributed by atoms with Gasteiger partial charge in [-0.25, -0.2) is 8.42 Å². The van der Waals surface area contributed by atoms with Gasteiger partial charge in [0.05, 0.1) is 11.9 Å². The van der Waals surface area contributed by atoms with Gasteiger partial charge in [-0.3, -0.25) is 4.31 Å². The zero-order valence-electron chi connectivity index (χ0n) is 10.6. The van der Waals surface area contributed by atoms with Crippen LogP contribution in [-0.4, -0.2) is 21.7 Å². The van der Waals surface area contributed by atoms with E-state index in [9.17, 15) is 8.42 Å². The normalized spacial score (nSPS) is 15.9. The minimum Gasteiger partial charge on any atom is -0.273 e. The van der Waals surface area contributed by atoms with E-state index in [0.717, 1.165) is 17.7 Å². The topological polar surface area (TPSA) is 37.4 Å². The standard InChI is InChI=1S/C13H19NO2S/c1-4-10-5-8-12(11-6-7-11)9-13(10)14(2)17(3,15)16/h5,8-9,11H,4,6-7H2,1-3H3. The first-order chi connectivity index (χ1) is 7.93. The molecule has 0 bridgehead atoms. The number of benzene rings is 1. The van der Waals surface area contributed by atoms with Gasteiger partial charge in [0, 0.05) is 7.05 Å². The van der Waals surface area contributed by atoms with Crippen LogP contribution in [0.15, 0.2) is 18.2 Å². The highest BCUT2D eigenvalue weighted by molar-refractivity contribution is 7.92. The average Bonchev–Trinajstić information content (AvgIpc) is 3.09. The molecule has 1 saturated carbocycles. The molecule has 94 valence electrons. The molecule has 1 fully saturated rings. The van der Waals surface area contributed by atoms with E-state index in [1.165, 1.54) is 29.0 Å². The van der Waals surface area contributed by atoms with E-state index >= 15 is 0 Å². The predicted octanol–water partition coefficient (Wildman–Crippen LogP) is 2.52. The summed E-state index contributed by atoms with van der Waals surface area (Å²) in [4.78, 5) is 0. The zero-order chi connectivity index (χ0) is 12.6. The van der Waals surface area contributed by atoms with Crippen LogP contribution < -0.4 is 4.31 Å². The third kappa shape index (κ3) is 2.63. The van der Waals surface area contributed by atoms with Crippen molar-refractivity contribution < 1.29 is 8.42 Å². The maximum Gasteiger partial charge on any atom is 0.232 e. The molecule has 17 heavy (non-hydrogen) atoms. The first kappa shape index (κ1) is 12.4. The highest BCUT2D eigenvalue weighted by Crippen LogP contribution is 2.41. The highest BCUT2D eigenvalue weighted by Gasteiger charge is 2.25. The summed E-state index contributed by atoms with van der Waals surface area (Å²) in [6.07, 6.45) is 4.55. The van der Waals surface area contributed by atoms with Crippen molar-refractivity contribution in [3.63, 3.8) is 0 Å². The summed E-state index contributed by atoms with van der Waals surface area (Å²) in [7, 11) is -1.55. The van der Waals surface area contributed by atoms with Crippen LogP contribution in [0.2, 0.25) is 0 Å². The Kier molecular flexibility index (Phi) is 3.17. The molecule has 0 atom stereocenters. The maximum absolute atomic E-state index is 11.6. The van der Waals surface area contributed by atoms with E-state index in [2.05, 4.69) is 12.1 Å². The minimum atomic E-state index is -3.18. The Morgan fingerprint density at radius 2 is 2.00 bits per heavy atom. The summed E-state index contributed by atoms with van der Waals surface area (Å²) in [6, 6.07) is 6.23. The number of aryl methyl sites for hydroxylation is 1. The molecule has 0 saturated heterocycles. The van der Waals surface area contributed by atoms with E-state index in [4.69, 9.17) is 0 Å². The van der Waals surface area contributed by atoms with Gasteiger partial charge < -0.3 is 0 Å².